The van der Waals surface area contributed by atoms with Crippen molar-refractivity contribution in [2.45, 2.75) is 103 Å². The fourth-order valence-corrected chi connectivity index (χ4v) is 6.09. The van der Waals surface area contributed by atoms with Crippen LogP contribution in [-0.2, 0) is 16.1 Å². The molecule has 3 aliphatic rings. The molecule has 3 aliphatic carbocycles. The van der Waals surface area contributed by atoms with Gasteiger partial charge < -0.3 is 14.0 Å². The van der Waals surface area contributed by atoms with Crippen LogP contribution < -0.4 is 9.64 Å². The number of anilines is 1. The lowest BCUT2D eigenvalue weighted by molar-refractivity contribution is -0.0158. The maximum Gasteiger partial charge on any atom is 0.416 e. The molecule has 1 amide bonds. The average Bonchev–Trinajstić information content (AvgIpc) is 3.44. The summed E-state index contributed by atoms with van der Waals surface area (Å²) in [4.78, 5) is 24.0. The third kappa shape index (κ3) is 6.42. The lowest BCUT2D eigenvalue weighted by Crippen LogP contribution is -2.51. The largest absolute Gasteiger partial charge is 0.491 e. The van der Waals surface area contributed by atoms with Crippen LogP contribution in [0.4, 0.5) is 19.4 Å². The van der Waals surface area contributed by atoms with Gasteiger partial charge in [0.15, 0.2) is 5.82 Å². The number of hydrogen-bond donors (Lipinski definition) is 0. The normalized spacial score (nSPS) is 22.3. The number of hydrogen-bond acceptors (Lipinski definition) is 7. The highest BCUT2D eigenvalue weighted by Gasteiger charge is 2.53. The Balaban J connectivity index is 1.38. The topological polar surface area (TPSA) is 90.6 Å². The molecule has 10 heteroatoms. The quantitative estimate of drug-likeness (QED) is 0.265. The Morgan fingerprint density at radius 3 is 2.19 bits per heavy atom. The number of amides is 1. The van der Waals surface area contributed by atoms with Crippen LogP contribution in [0.5, 0.6) is 5.75 Å². The first-order chi connectivity index (χ1) is 19.7. The third-order valence-electron chi connectivity index (χ3n) is 8.37. The molecule has 0 atom stereocenters. The number of fused-ring (bicyclic) bond motifs is 3. The maximum atomic E-state index is 13.8. The van der Waals surface area contributed by atoms with Gasteiger partial charge in [0.2, 0.25) is 0 Å². The molecule has 8 nitrogen and oxygen atoms in total. The maximum absolute atomic E-state index is 13.8. The number of ether oxygens (including phenoxy) is 2. The summed E-state index contributed by atoms with van der Waals surface area (Å²) in [6.45, 7) is 10.7. The number of aromatic nitrogens is 3. The van der Waals surface area contributed by atoms with Crippen molar-refractivity contribution in [3.05, 3.63) is 54.3 Å². The van der Waals surface area contributed by atoms with E-state index in [0.717, 1.165) is 62.3 Å². The minimum absolute atomic E-state index is 0.0839. The Kier molecular flexibility index (Phi) is 7.79. The van der Waals surface area contributed by atoms with Gasteiger partial charge in [0.25, 0.3) is 5.89 Å². The molecule has 0 spiro atoms. The first-order valence-electron chi connectivity index (χ1n) is 14.6. The second-order valence-corrected chi connectivity index (χ2v) is 13.3. The zero-order valence-electron chi connectivity index (χ0n) is 25.2. The highest BCUT2D eigenvalue weighted by Crippen LogP contribution is 2.57. The fraction of sp³-hybridized carbons (Fsp3) is 0.562. The summed E-state index contributed by atoms with van der Waals surface area (Å²) >= 11 is 0. The smallest absolute Gasteiger partial charge is 0.416 e. The van der Waals surface area contributed by atoms with E-state index in [-0.39, 0.29) is 16.9 Å². The number of alkyl halides is 2. The highest BCUT2D eigenvalue weighted by molar-refractivity contribution is 5.87. The van der Waals surface area contributed by atoms with Crippen LogP contribution in [0.2, 0.25) is 0 Å². The highest BCUT2D eigenvalue weighted by atomic mass is 19.3. The monoisotopic (exact) mass is 582 g/mol. The predicted molar refractivity (Wildman–Crippen MR) is 155 cm³/mol. The van der Waals surface area contributed by atoms with E-state index in [1.165, 1.54) is 0 Å². The van der Waals surface area contributed by atoms with Crippen LogP contribution in [0.3, 0.4) is 0 Å². The molecule has 0 radical (unpaired) electrons. The van der Waals surface area contributed by atoms with Crippen LogP contribution in [0.1, 0.15) is 91.8 Å². The van der Waals surface area contributed by atoms with E-state index in [9.17, 15) is 13.6 Å². The van der Waals surface area contributed by atoms with E-state index in [1.54, 1.807) is 11.1 Å². The molecule has 2 aromatic heterocycles. The van der Waals surface area contributed by atoms with E-state index in [2.05, 4.69) is 15.1 Å². The van der Waals surface area contributed by atoms with Gasteiger partial charge in [-0.3, -0.25) is 4.90 Å². The standard InChI is InChI=1S/C32H40F2N4O4/c1-21(2)40-24-9-7-22(8-10-24)23-11-18-35-25(19-23)38(28(39)41-29(3,4)5)20-31-12-15-32(16-13-31,17-14-31)26-36-27(42-37-26)30(6,33)34/h7-11,18-19,21H,12-17,20H2,1-6H3. The first-order valence-corrected chi connectivity index (χ1v) is 14.6. The SMILES string of the molecule is CC(C)Oc1ccc(-c2ccnc(N(CC34CCC(c5noc(C(C)(F)F)n5)(CC3)CC4)C(=O)OC(C)(C)C)c2)cc1. The lowest BCUT2D eigenvalue weighted by atomic mass is 9.53. The Morgan fingerprint density at radius 1 is 1.00 bits per heavy atom. The molecule has 3 aromatic rings. The van der Waals surface area contributed by atoms with Gasteiger partial charge in [-0.05, 0) is 114 Å². The van der Waals surface area contributed by atoms with Gasteiger partial charge in [-0.1, -0.05) is 17.3 Å². The number of carbonyl (C=O) groups excluding carboxylic acids is 1. The number of pyridine rings is 1. The van der Waals surface area contributed by atoms with Gasteiger partial charge in [-0.2, -0.15) is 13.8 Å². The van der Waals surface area contributed by atoms with Crippen LogP contribution in [0.15, 0.2) is 47.1 Å². The third-order valence-corrected chi connectivity index (χ3v) is 8.37. The summed E-state index contributed by atoms with van der Waals surface area (Å²) in [6, 6.07) is 11.7. The van der Waals surface area contributed by atoms with Crippen molar-refractivity contribution in [3.8, 4) is 16.9 Å². The molecule has 0 N–H and O–H groups in total. The molecule has 2 heterocycles. The van der Waals surface area contributed by atoms with Crippen molar-refractivity contribution in [2.75, 3.05) is 11.4 Å². The van der Waals surface area contributed by atoms with Crippen LogP contribution >= 0.6 is 0 Å². The summed E-state index contributed by atoms with van der Waals surface area (Å²) < 4.78 is 44.1. The number of benzene rings is 1. The zero-order valence-corrected chi connectivity index (χ0v) is 25.2. The molecule has 6 rings (SSSR count). The minimum Gasteiger partial charge on any atom is -0.491 e. The van der Waals surface area contributed by atoms with E-state index >= 15 is 0 Å². The fourth-order valence-electron chi connectivity index (χ4n) is 6.09. The molecule has 0 aliphatic heterocycles. The minimum atomic E-state index is -3.17. The zero-order chi connectivity index (χ0) is 30.3. The van der Waals surface area contributed by atoms with Gasteiger partial charge in [-0.25, -0.2) is 9.78 Å². The number of nitrogens with zero attached hydrogens (tertiary/aromatic N) is 4. The van der Waals surface area contributed by atoms with E-state index < -0.39 is 23.5 Å². The number of halogens is 2. The predicted octanol–water partition coefficient (Wildman–Crippen LogP) is 8.06. The summed E-state index contributed by atoms with van der Waals surface area (Å²) in [7, 11) is 0. The van der Waals surface area contributed by atoms with Crippen molar-refractivity contribution >= 4 is 11.9 Å². The molecule has 3 saturated carbocycles. The lowest BCUT2D eigenvalue weighted by Gasteiger charge is -2.53. The second kappa shape index (κ2) is 10.9. The van der Waals surface area contributed by atoms with E-state index in [1.807, 2.05) is 71.0 Å². The molecule has 2 bridgehead atoms. The molecule has 0 saturated heterocycles. The molecular formula is C32H40F2N4O4. The van der Waals surface area contributed by atoms with Crippen molar-refractivity contribution in [1.82, 2.24) is 15.1 Å². The summed E-state index contributed by atoms with van der Waals surface area (Å²) in [6.07, 6.45) is 5.97. The Morgan fingerprint density at radius 2 is 1.64 bits per heavy atom. The van der Waals surface area contributed by atoms with Crippen molar-refractivity contribution in [3.63, 3.8) is 0 Å². The molecule has 1 aromatic carbocycles. The van der Waals surface area contributed by atoms with Gasteiger partial charge in [0.05, 0.1) is 6.10 Å². The van der Waals surface area contributed by atoms with E-state index in [4.69, 9.17) is 14.0 Å². The second-order valence-electron chi connectivity index (χ2n) is 13.3. The van der Waals surface area contributed by atoms with Crippen LogP contribution in [0.25, 0.3) is 11.1 Å². The average molecular weight is 583 g/mol. The first kappa shape index (κ1) is 29.9. The number of rotatable bonds is 8. The Hall–Kier alpha value is -3.56. The summed E-state index contributed by atoms with van der Waals surface area (Å²) in [5.74, 6) is -2.12. The molecule has 0 unspecified atom stereocenters. The molecule has 42 heavy (non-hydrogen) atoms. The van der Waals surface area contributed by atoms with Gasteiger partial charge in [0, 0.05) is 25.1 Å². The summed E-state index contributed by atoms with van der Waals surface area (Å²) in [5, 5.41) is 3.96. The van der Waals surface area contributed by atoms with Gasteiger partial charge in [-0.15, -0.1) is 0 Å². The Bertz CT molecular complexity index is 1380. The van der Waals surface area contributed by atoms with E-state index in [0.29, 0.717) is 18.2 Å². The van der Waals surface area contributed by atoms with Crippen LogP contribution in [-0.4, -0.2) is 39.5 Å². The number of carbonyl (C=O) groups is 1. The van der Waals surface area contributed by atoms with Crippen molar-refractivity contribution < 1.29 is 27.6 Å². The summed E-state index contributed by atoms with van der Waals surface area (Å²) in [5.41, 5.74) is 0.689. The molecule has 3 fully saturated rings. The van der Waals surface area contributed by atoms with Crippen molar-refractivity contribution in [1.29, 1.82) is 0 Å². The Labute approximate surface area is 245 Å². The van der Waals surface area contributed by atoms with Gasteiger partial charge >= 0.3 is 12.0 Å². The van der Waals surface area contributed by atoms with Crippen molar-refractivity contribution in [2.24, 2.45) is 5.41 Å². The van der Waals surface area contributed by atoms with Crippen LogP contribution in [0, 0.1) is 5.41 Å². The molecular weight excluding hydrogens is 542 g/mol. The van der Waals surface area contributed by atoms with Gasteiger partial charge in [0.1, 0.15) is 17.2 Å². The molecule has 226 valence electrons.